The van der Waals surface area contributed by atoms with Crippen LogP contribution in [0.1, 0.15) is 22.1 Å². The third-order valence-corrected chi connectivity index (χ3v) is 3.23. The quantitative estimate of drug-likeness (QED) is 0.823. The number of furan rings is 2. The minimum Gasteiger partial charge on any atom is -0.464 e. The van der Waals surface area contributed by atoms with E-state index in [1.54, 1.807) is 17.0 Å². The van der Waals surface area contributed by atoms with Gasteiger partial charge in [0.05, 0.1) is 6.54 Å². The number of carbonyl (C=O) groups is 1. The van der Waals surface area contributed by atoms with Gasteiger partial charge in [0, 0.05) is 13.1 Å². The zero-order valence-corrected chi connectivity index (χ0v) is 13.2. The molecule has 2 rings (SSSR count). The van der Waals surface area contributed by atoms with Gasteiger partial charge in [0.1, 0.15) is 11.5 Å². The van der Waals surface area contributed by atoms with Crippen molar-refractivity contribution in [2.24, 2.45) is 0 Å². The van der Waals surface area contributed by atoms with Crippen LogP contribution in [0, 0.1) is 6.92 Å². The van der Waals surface area contributed by atoms with Gasteiger partial charge in [0.25, 0.3) is 5.91 Å². The van der Waals surface area contributed by atoms with E-state index in [4.69, 9.17) is 20.4 Å². The molecule has 0 aliphatic carbocycles. The number of carbonyl (C=O) groups excluding carboxylic acids is 1. The molecule has 0 aliphatic rings. The van der Waals surface area contributed by atoms with Crippen LogP contribution in [-0.2, 0) is 6.54 Å². The number of likely N-dealkylation sites (N-methyl/N-ethyl adjacent to an activating group) is 1. The van der Waals surface area contributed by atoms with Gasteiger partial charge in [0.2, 0.25) is 0 Å². The van der Waals surface area contributed by atoms with Crippen molar-refractivity contribution in [1.29, 1.82) is 0 Å². The maximum absolute atomic E-state index is 12.5. The Morgan fingerprint density at radius 3 is 2.43 bits per heavy atom. The average molecular weight is 311 g/mol. The molecule has 0 radical (unpaired) electrons. The molecule has 2 aromatic heterocycles. The summed E-state index contributed by atoms with van der Waals surface area (Å²) in [5, 5.41) is 0.208. The van der Waals surface area contributed by atoms with Gasteiger partial charge in [-0.05, 0) is 56.9 Å². The number of rotatable bonds is 6. The molecule has 114 valence electrons. The molecule has 0 saturated heterocycles. The summed E-state index contributed by atoms with van der Waals surface area (Å²) in [6.45, 7) is 3.60. The fraction of sp³-hybridized carbons (Fsp3) is 0.400. The molecule has 0 fully saturated rings. The lowest BCUT2D eigenvalue weighted by molar-refractivity contribution is 0.0687. The number of aryl methyl sites for hydroxylation is 1. The number of halogens is 1. The monoisotopic (exact) mass is 310 g/mol. The SMILES string of the molecule is Cc1ccc(CN(CCN(C)C)C(=O)c2ccc(Cl)o2)o1. The van der Waals surface area contributed by atoms with Crippen molar-refractivity contribution >= 4 is 17.5 Å². The third-order valence-electron chi connectivity index (χ3n) is 3.03. The highest BCUT2D eigenvalue weighted by Gasteiger charge is 2.20. The van der Waals surface area contributed by atoms with E-state index in [-0.39, 0.29) is 16.9 Å². The molecular weight excluding hydrogens is 292 g/mol. The lowest BCUT2D eigenvalue weighted by Crippen LogP contribution is -2.36. The Balaban J connectivity index is 2.12. The fourth-order valence-electron chi connectivity index (χ4n) is 1.92. The maximum Gasteiger partial charge on any atom is 0.290 e. The lowest BCUT2D eigenvalue weighted by Gasteiger charge is -2.22. The molecule has 0 bridgehead atoms. The molecule has 1 amide bonds. The molecule has 0 aliphatic heterocycles. The van der Waals surface area contributed by atoms with Gasteiger partial charge >= 0.3 is 0 Å². The Hall–Kier alpha value is -1.72. The number of nitrogens with zero attached hydrogens (tertiary/aromatic N) is 2. The predicted molar refractivity (Wildman–Crippen MR) is 80.5 cm³/mol. The molecule has 0 atom stereocenters. The van der Waals surface area contributed by atoms with Crippen LogP contribution in [-0.4, -0.2) is 42.9 Å². The first-order valence-electron chi connectivity index (χ1n) is 6.70. The minimum atomic E-state index is -0.196. The first-order valence-corrected chi connectivity index (χ1v) is 7.08. The molecule has 21 heavy (non-hydrogen) atoms. The summed E-state index contributed by atoms with van der Waals surface area (Å²) < 4.78 is 10.8. The minimum absolute atomic E-state index is 0.196. The van der Waals surface area contributed by atoms with Gasteiger partial charge in [-0.1, -0.05) is 0 Å². The van der Waals surface area contributed by atoms with Crippen LogP contribution in [0.15, 0.2) is 33.1 Å². The van der Waals surface area contributed by atoms with Gasteiger partial charge in [-0.25, -0.2) is 0 Å². The highest BCUT2D eigenvalue weighted by molar-refractivity contribution is 6.29. The second kappa shape index (κ2) is 6.83. The van der Waals surface area contributed by atoms with Crippen molar-refractivity contribution in [2.75, 3.05) is 27.2 Å². The van der Waals surface area contributed by atoms with E-state index in [1.165, 1.54) is 0 Å². The first kappa shape index (κ1) is 15.7. The van der Waals surface area contributed by atoms with E-state index >= 15 is 0 Å². The normalized spacial score (nSPS) is 11.1. The number of hydrogen-bond donors (Lipinski definition) is 0. The summed E-state index contributed by atoms with van der Waals surface area (Å²) in [4.78, 5) is 16.2. The molecule has 0 unspecified atom stereocenters. The average Bonchev–Trinajstić information content (AvgIpc) is 3.02. The van der Waals surface area contributed by atoms with E-state index in [9.17, 15) is 4.79 Å². The molecule has 0 spiro atoms. The Kier molecular flexibility index (Phi) is 5.09. The van der Waals surface area contributed by atoms with E-state index in [1.807, 2.05) is 38.1 Å². The summed E-state index contributed by atoms with van der Waals surface area (Å²) >= 11 is 5.74. The summed E-state index contributed by atoms with van der Waals surface area (Å²) in [6, 6.07) is 6.91. The van der Waals surface area contributed by atoms with Crippen molar-refractivity contribution in [3.63, 3.8) is 0 Å². The van der Waals surface area contributed by atoms with Crippen molar-refractivity contribution in [1.82, 2.24) is 9.80 Å². The molecule has 5 nitrogen and oxygen atoms in total. The zero-order chi connectivity index (χ0) is 15.4. The molecule has 0 aromatic carbocycles. The Morgan fingerprint density at radius 1 is 1.14 bits per heavy atom. The molecule has 6 heteroatoms. The van der Waals surface area contributed by atoms with Crippen LogP contribution >= 0.6 is 11.6 Å². The topological polar surface area (TPSA) is 49.8 Å². The van der Waals surface area contributed by atoms with Gasteiger partial charge in [-0.15, -0.1) is 0 Å². The zero-order valence-electron chi connectivity index (χ0n) is 12.4. The fourth-order valence-corrected chi connectivity index (χ4v) is 2.06. The van der Waals surface area contributed by atoms with E-state index < -0.39 is 0 Å². The third kappa shape index (κ3) is 4.37. The number of hydrogen-bond acceptors (Lipinski definition) is 4. The van der Waals surface area contributed by atoms with Gasteiger partial charge in [-0.2, -0.15) is 0 Å². The van der Waals surface area contributed by atoms with Gasteiger partial charge in [-0.3, -0.25) is 4.79 Å². The molecular formula is C15H19ClN2O3. The van der Waals surface area contributed by atoms with Crippen molar-refractivity contribution in [2.45, 2.75) is 13.5 Å². The first-order chi connectivity index (χ1) is 9.95. The summed E-state index contributed by atoms with van der Waals surface area (Å²) in [5.41, 5.74) is 0. The maximum atomic E-state index is 12.5. The van der Waals surface area contributed by atoms with Crippen LogP contribution in [0.3, 0.4) is 0 Å². The van der Waals surface area contributed by atoms with Crippen molar-refractivity contribution in [3.05, 3.63) is 46.8 Å². The van der Waals surface area contributed by atoms with Crippen molar-refractivity contribution in [3.8, 4) is 0 Å². The van der Waals surface area contributed by atoms with E-state index in [0.717, 1.165) is 18.1 Å². The largest absolute Gasteiger partial charge is 0.464 e. The standard InChI is InChI=1S/C15H19ClN2O3/c1-11-4-5-12(20-11)10-18(9-8-17(2)3)15(19)13-6-7-14(16)21-13/h4-7H,8-10H2,1-3H3. The molecule has 0 saturated carbocycles. The summed E-state index contributed by atoms with van der Waals surface area (Å²) in [7, 11) is 3.92. The van der Waals surface area contributed by atoms with Gasteiger partial charge in [0.15, 0.2) is 11.0 Å². The highest BCUT2D eigenvalue weighted by Crippen LogP contribution is 2.17. The smallest absolute Gasteiger partial charge is 0.290 e. The number of amides is 1. The van der Waals surface area contributed by atoms with Crippen LogP contribution in [0.4, 0.5) is 0 Å². The van der Waals surface area contributed by atoms with Crippen LogP contribution in [0.2, 0.25) is 5.22 Å². The van der Waals surface area contributed by atoms with Crippen LogP contribution in [0.25, 0.3) is 0 Å². The second-order valence-corrected chi connectivity index (χ2v) is 5.52. The van der Waals surface area contributed by atoms with Crippen molar-refractivity contribution < 1.29 is 13.6 Å². The highest BCUT2D eigenvalue weighted by atomic mass is 35.5. The Bertz CT molecular complexity index is 604. The van der Waals surface area contributed by atoms with Gasteiger partial charge < -0.3 is 18.6 Å². The predicted octanol–water partition coefficient (Wildman–Crippen LogP) is 3.04. The van der Waals surface area contributed by atoms with E-state index in [2.05, 4.69) is 0 Å². The lowest BCUT2D eigenvalue weighted by atomic mass is 10.3. The molecule has 2 aromatic rings. The summed E-state index contributed by atoms with van der Waals surface area (Å²) in [5.74, 6) is 1.61. The second-order valence-electron chi connectivity index (χ2n) is 5.15. The van der Waals surface area contributed by atoms with Crippen LogP contribution in [0.5, 0.6) is 0 Å². The Labute approximate surface area is 129 Å². The molecule has 0 N–H and O–H groups in total. The van der Waals surface area contributed by atoms with E-state index in [0.29, 0.717) is 13.1 Å². The summed E-state index contributed by atoms with van der Waals surface area (Å²) in [6.07, 6.45) is 0. The van der Waals surface area contributed by atoms with Crippen LogP contribution < -0.4 is 0 Å². The molecule has 2 heterocycles. The Morgan fingerprint density at radius 2 is 1.90 bits per heavy atom.